The number of pyridine rings is 2. The number of hydrogen-bond donors (Lipinski definition) is 0. The third kappa shape index (κ3) is 5.41. The van der Waals surface area contributed by atoms with Gasteiger partial charge in [0.05, 0.1) is 33.1 Å². The van der Waals surface area contributed by atoms with Crippen molar-refractivity contribution in [3.63, 3.8) is 0 Å². The second-order valence-electron chi connectivity index (χ2n) is 21.7. The Morgan fingerprint density at radius 3 is 1.08 bits per heavy atom. The van der Waals surface area contributed by atoms with Gasteiger partial charge in [-0.15, -0.1) is 0 Å². The van der Waals surface area contributed by atoms with E-state index in [4.69, 9.17) is 9.97 Å². The van der Waals surface area contributed by atoms with Crippen LogP contribution in [-0.4, -0.2) is 19.1 Å². The monoisotopic (exact) mass is 944 g/mol. The van der Waals surface area contributed by atoms with Crippen LogP contribution in [0.4, 0.5) is 0 Å². The van der Waals surface area contributed by atoms with E-state index in [0.29, 0.717) is 0 Å². The SMILES string of the molecule is CC1(C)c2ccccc2-c2ccc(-c3ccc(-n4c5cccnc5c5c6ccccc6c6c(c7ccccc7c7c8ncccc8n(-c8ccc(-c9ccc%10c(c9)C(C)(C)c9ccccc9-%10)cc8)c76)c54)cc3)cc21. The van der Waals surface area contributed by atoms with E-state index in [1.54, 1.807) is 0 Å². The summed E-state index contributed by atoms with van der Waals surface area (Å²) in [5, 5.41) is 9.44. The molecule has 0 saturated carbocycles. The largest absolute Gasteiger partial charge is 0.307 e. The summed E-state index contributed by atoms with van der Waals surface area (Å²) in [6.45, 7) is 9.42. The van der Waals surface area contributed by atoms with Crippen LogP contribution in [0.15, 0.2) is 219 Å². The maximum atomic E-state index is 5.22. The summed E-state index contributed by atoms with van der Waals surface area (Å²) < 4.78 is 4.96. The molecule has 14 aromatic rings. The van der Waals surface area contributed by atoms with E-state index in [-0.39, 0.29) is 10.8 Å². The zero-order valence-electron chi connectivity index (χ0n) is 41.6. The summed E-state index contributed by atoms with van der Waals surface area (Å²) in [7, 11) is 0. The van der Waals surface area contributed by atoms with Gasteiger partial charge in [-0.1, -0.05) is 173 Å². The zero-order chi connectivity index (χ0) is 49.2. The molecule has 4 nitrogen and oxygen atoms in total. The number of hydrogen-bond acceptors (Lipinski definition) is 2. The Kier molecular flexibility index (Phi) is 8.27. The summed E-state index contributed by atoms with van der Waals surface area (Å²) in [5.74, 6) is 0. The minimum absolute atomic E-state index is 0.0742. The molecule has 10 aromatic carbocycles. The Balaban J connectivity index is 0.942. The van der Waals surface area contributed by atoms with Gasteiger partial charge in [0.25, 0.3) is 0 Å². The van der Waals surface area contributed by atoms with Gasteiger partial charge in [-0.25, -0.2) is 0 Å². The highest BCUT2D eigenvalue weighted by atomic mass is 15.0. The highest BCUT2D eigenvalue weighted by Gasteiger charge is 2.37. The van der Waals surface area contributed by atoms with Gasteiger partial charge in [-0.05, 0) is 149 Å². The van der Waals surface area contributed by atoms with E-state index in [9.17, 15) is 0 Å². The highest BCUT2D eigenvalue weighted by Crippen LogP contribution is 2.53. The number of nitrogens with zero attached hydrogens (tertiary/aromatic N) is 4. The number of aromatic nitrogens is 4. The molecule has 0 bridgehead atoms. The molecule has 0 fully saturated rings. The second-order valence-corrected chi connectivity index (χ2v) is 21.7. The van der Waals surface area contributed by atoms with Gasteiger partial charge in [-0.3, -0.25) is 9.97 Å². The van der Waals surface area contributed by atoms with E-state index in [2.05, 4.69) is 243 Å². The molecule has 0 N–H and O–H groups in total. The molecular weight excluding hydrogens is 897 g/mol. The molecule has 16 rings (SSSR count). The van der Waals surface area contributed by atoms with Crippen molar-refractivity contribution >= 4 is 76.2 Å². The van der Waals surface area contributed by atoms with Crippen molar-refractivity contribution in [3.8, 4) is 55.9 Å². The first-order chi connectivity index (χ1) is 36.3. The van der Waals surface area contributed by atoms with Crippen LogP contribution in [0.1, 0.15) is 49.9 Å². The summed E-state index contributed by atoms with van der Waals surface area (Å²) >= 11 is 0. The molecule has 2 aliphatic carbocycles. The lowest BCUT2D eigenvalue weighted by Gasteiger charge is -2.22. The molecule has 74 heavy (non-hydrogen) atoms. The van der Waals surface area contributed by atoms with Crippen LogP contribution < -0.4 is 0 Å². The fourth-order valence-electron chi connectivity index (χ4n) is 13.7. The van der Waals surface area contributed by atoms with E-state index in [0.717, 1.165) is 55.2 Å². The molecule has 0 radical (unpaired) electrons. The second kappa shape index (κ2) is 14.7. The third-order valence-corrected chi connectivity index (χ3v) is 17.2. The molecule has 0 saturated heterocycles. The first-order valence-corrected chi connectivity index (χ1v) is 25.9. The van der Waals surface area contributed by atoms with Gasteiger partial charge in [0.2, 0.25) is 0 Å². The van der Waals surface area contributed by atoms with Crippen LogP contribution in [0.5, 0.6) is 0 Å². The average molecular weight is 945 g/mol. The van der Waals surface area contributed by atoms with Crippen LogP contribution in [-0.2, 0) is 10.8 Å². The molecule has 2 aliphatic rings. The molecule has 0 amide bonds. The van der Waals surface area contributed by atoms with Crippen molar-refractivity contribution in [2.45, 2.75) is 38.5 Å². The molecule has 0 unspecified atom stereocenters. The summed E-state index contributed by atoms with van der Waals surface area (Å²) in [6, 6.07) is 76.8. The molecule has 4 heteroatoms. The molecular formula is C70H48N4. The van der Waals surface area contributed by atoms with Crippen LogP contribution in [0.25, 0.3) is 132 Å². The van der Waals surface area contributed by atoms with Gasteiger partial charge in [0.1, 0.15) is 0 Å². The maximum absolute atomic E-state index is 5.22. The van der Waals surface area contributed by atoms with Crippen LogP contribution >= 0.6 is 0 Å². The van der Waals surface area contributed by atoms with Crippen molar-refractivity contribution < 1.29 is 0 Å². The molecule has 348 valence electrons. The van der Waals surface area contributed by atoms with Crippen molar-refractivity contribution in [1.82, 2.24) is 19.1 Å². The molecule has 0 spiro atoms. The minimum atomic E-state index is -0.0742. The quantitative estimate of drug-likeness (QED) is 0.165. The first-order valence-electron chi connectivity index (χ1n) is 25.9. The maximum Gasteiger partial charge on any atom is 0.0969 e. The number of benzene rings is 10. The van der Waals surface area contributed by atoms with E-state index in [1.807, 2.05) is 12.4 Å². The predicted octanol–water partition coefficient (Wildman–Crippen LogP) is 18.1. The summed E-state index contributed by atoms with van der Waals surface area (Å²) in [6.07, 6.45) is 3.89. The van der Waals surface area contributed by atoms with Crippen molar-refractivity contribution in [1.29, 1.82) is 0 Å². The van der Waals surface area contributed by atoms with Crippen molar-refractivity contribution in [3.05, 3.63) is 241 Å². The molecule has 0 atom stereocenters. The van der Waals surface area contributed by atoms with Crippen molar-refractivity contribution in [2.24, 2.45) is 0 Å². The van der Waals surface area contributed by atoms with Crippen molar-refractivity contribution in [2.75, 3.05) is 0 Å². The lowest BCUT2D eigenvalue weighted by Crippen LogP contribution is -2.14. The third-order valence-electron chi connectivity index (χ3n) is 17.2. The van der Waals surface area contributed by atoms with E-state index >= 15 is 0 Å². The summed E-state index contributed by atoms with van der Waals surface area (Å²) in [5.41, 5.74) is 24.2. The zero-order valence-corrected chi connectivity index (χ0v) is 41.6. The normalized spacial score (nSPS) is 14.2. The lowest BCUT2D eigenvalue weighted by atomic mass is 9.81. The molecule has 4 heterocycles. The predicted molar refractivity (Wildman–Crippen MR) is 309 cm³/mol. The number of rotatable bonds is 4. The van der Waals surface area contributed by atoms with Crippen LogP contribution in [0.2, 0.25) is 0 Å². The van der Waals surface area contributed by atoms with E-state index < -0.39 is 0 Å². The van der Waals surface area contributed by atoms with E-state index in [1.165, 1.54) is 99.1 Å². The Morgan fingerprint density at radius 2 is 0.662 bits per heavy atom. The smallest absolute Gasteiger partial charge is 0.0969 e. The van der Waals surface area contributed by atoms with Crippen LogP contribution in [0, 0.1) is 0 Å². The van der Waals surface area contributed by atoms with Crippen LogP contribution in [0.3, 0.4) is 0 Å². The Morgan fingerprint density at radius 1 is 0.311 bits per heavy atom. The highest BCUT2D eigenvalue weighted by molar-refractivity contribution is 6.43. The minimum Gasteiger partial charge on any atom is -0.307 e. The fourth-order valence-corrected chi connectivity index (χ4v) is 13.7. The Bertz CT molecular complexity index is 4450. The van der Waals surface area contributed by atoms with Gasteiger partial charge >= 0.3 is 0 Å². The fraction of sp³-hybridized carbons (Fsp3) is 0.0857. The Labute approximate surface area is 428 Å². The van der Waals surface area contributed by atoms with Gasteiger partial charge < -0.3 is 9.13 Å². The van der Waals surface area contributed by atoms with Gasteiger partial charge in [0, 0.05) is 56.1 Å². The molecule has 4 aromatic heterocycles. The Hall–Kier alpha value is -9.12. The standard InChI is InChI=1S/C70H48N4/c1-69(2)55-21-11-9-15-47(55)49-35-29-43(39-57(49)69)41-25-31-45(32-26-41)73-59-23-13-37-71-65(59)63-53-19-7-6-18-52(53)62-61(67(63)73)51-17-5-8-20-54(51)64-66-60(24-14-38-72-66)74(68(62)64)46-33-27-42(28-34-46)44-30-36-50-48-16-10-12-22-56(48)70(3,4)58(50)40-44/h5-40H,1-4H3. The molecule has 0 aliphatic heterocycles. The van der Waals surface area contributed by atoms with Gasteiger partial charge in [0.15, 0.2) is 0 Å². The number of fused-ring (bicyclic) bond motifs is 21. The average Bonchev–Trinajstić information content (AvgIpc) is 4.14. The summed E-state index contributed by atoms with van der Waals surface area (Å²) in [4.78, 5) is 10.4. The lowest BCUT2D eigenvalue weighted by molar-refractivity contribution is 0.660. The topological polar surface area (TPSA) is 35.6 Å². The first kappa shape index (κ1) is 41.5. The van der Waals surface area contributed by atoms with Gasteiger partial charge in [-0.2, -0.15) is 0 Å².